The minimum atomic E-state index is -0.729. The summed E-state index contributed by atoms with van der Waals surface area (Å²) >= 11 is 0. The Balaban J connectivity index is 3.01. The Hall–Kier alpha value is -1.97. The SMILES string of the molecule is Cc1cc(C)c(C(=O)C(=O)C(C)C(C)C(=O)OC(C)(C)C)c(C)c1. The predicted molar refractivity (Wildman–Crippen MR) is 94.2 cm³/mol. The molecule has 1 aromatic carbocycles. The molecule has 0 spiro atoms. The Morgan fingerprint density at radius 2 is 1.38 bits per heavy atom. The van der Waals surface area contributed by atoms with Gasteiger partial charge >= 0.3 is 5.97 Å². The first-order chi connectivity index (χ1) is 10.8. The van der Waals surface area contributed by atoms with Gasteiger partial charge in [0.05, 0.1) is 5.92 Å². The van der Waals surface area contributed by atoms with Gasteiger partial charge in [-0.05, 0) is 52.7 Å². The molecule has 0 saturated heterocycles. The summed E-state index contributed by atoms with van der Waals surface area (Å²) in [6.07, 6.45) is 0. The number of Topliss-reactive ketones (excluding diaryl/α,β-unsaturated/α-hetero) is 2. The number of hydrogen-bond donors (Lipinski definition) is 0. The molecule has 0 amide bonds. The van der Waals surface area contributed by atoms with Gasteiger partial charge in [0.1, 0.15) is 5.60 Å². The van der Waals surface area contributed by atoms with E-state index in [1.807, 2.05) is 32.9 Å². The molecule has 0 bridgehead atoms. The third-order valence-corrected chi connectivity index (χ3v) is 4.07. The van der Waals surface area contributed by atoms with Gasteiger partial charge in [0.15, 0.2) is 0 Å². The summed E-state index contributed by atoms with van der Waals surface area (Å²) in [6, 6.07) is 3.77. The Morgan fingerprint density at radius 1 is 0.917 bits per heavy atom. The predicted octanol–water partition coefficient (Wildman–Crippen LogP) is 3.98. The Morgan fingerprint density at radius 3 is 1.79 bits per heavy atom. The molecule has 0 heterocycles. The molecule has 2 unspecified atom stereocenters. The standard InChI is InChI=1S/C20H28O4/c1-11-9-12(2)16(13(3)10-11)18(22)17(21)14(4)15(5)19(23)24-20(6,7)8/h9-10,14-15H,1-8H3. The van der Waals surface area contributed by atoms with E-state index in [0.29, 0.717) is 5.56 Å². The minimum absolute atomic E-state index is 0.439. The van der Waals surface area contributed by atoms with Crippen LogP contribution in [0.3, 0.4) is 0 Å². The molecule has 0 aliphatic carbocycles. The molecule has 1 rings (SSSR count). The zero-order chi connectivity index (χ0) is 18.8. The van der Waals surface area contributed by atoms with Crippen LogP contribution in [-0.2, 0) is 14.3 Å². The van der Waals surface area contributed by atoms with E-state index in [9.17, 15) is 14.4 Å². The summed E-state index contributed by atoms with van der Waals surface area (Å²) in [4.78, 5) is 37.4. The van der Waals surface area contributed by atoms with E-state index >= 15 is 0 Å². The van der Waals surface area contributed by atoms with Crippen LogP contribution in [0, 0.1) is 32.6 Å². The number of hydrogen-bond acceptors (Lipinski definition) is 4. The number of rotatable bonds is 5. The molecular weight excluding hydrogens is 304 g/mol. The molecule has 0 N–H and O–H groups in total. The largest absolute Gasteiger partial charge is 0.460 e. The highest BCUT2D eigenvalue weighted by molar-refractivity contribution is 6.45. The highest BCUT2D eigenvalue weighted by Crippen LogP contribution is 2.23. The van der Waals surface area contributed by atoms with Crippen molar-refractivity contribution in [1.82, 2.24) is 0 Å². The molecule has 4 nitrogen and oxygen atoms in total. The van der Waals surface area contributed by atoms with Crippen LogP contribution in [0.15, 0.2) is 12.1 Å². The molecule has 24 heavy (non-hydrogen) atoms. The Kier molecular flexibility index (Phi) is 6.09. The van der Waals surface area contributed by atoms with E-state index in [1.165, 1.54) is 0 Å². The molecule has 1 aromatic rings. The third-order valence-electron chi connectivity index (χ3n) is 4.07. The van der Waals surface area contributed by atoms with Crippen LogP contribution < -0.4 is 0 Å². The summed E-state index contributed by atoms with van der Waals surface area (Å²) in [7, 11) is 0. The maximum atomic E-state index is 12.6. The fraction of sp³-hybridized carbons (Fsp3) is 0.550. The summed E-state index contributed by atoms with van der Waals surface area (Å²) in [5.41, 5.74) is 2.42. The van der Waals surface area contributed by atoms with Crippen molar-refractivity contribution in [3.05, 3.63) is 34.4 Å². The van der Waals surface area contributed by atoms with Crippen molar-refractivity contribution >= 4 is 17.5 Å². The average molecular weight is 332 g/mol. The molecule has 0 aliphatic rings. The first-order valence-electron chi connectivity index (χ1n) is 8.24. The van der Waals surface area contributed by atoms with Gasteiger partial charge in [-0.15, -0.1) is 0 Å². The normalized spacial score (nSPS) is 14.0. The second-order valence-electron chi connectivity index (χ2n) is 7.58. The van der Waals surface area contributed by atoms with Crippen molar-refractivity contribution in [2.45, 2.75) is 61.0 Å². The van der Waals surface area contributed by atoms with Crippen LogP contribution >= 0.6 is 0 Å². The van der Waals surface area contributed by atoms with E-state index in [0.717, 1.165) is 16.7 Å². The number of esters is 1. The molecule has 0 aliphatic heterocycles. The highest BCUT2D eigenvalue weighted by Gasteiger charge is 2.34. The highest BCUT2D eigenvalue weighted by atomic mass is 16.6. The van der Waals surface area contributed by atoms with Gasteiger partial charge in [-0.1, -0.05) is 31.5 Å². The van der Waals surface area contributed by atoms with Crippen LogP contribution in [0.5, 0.6) is 0 Å². The number of aryl methyl sites for hydroxylation is 3. The van der Waals surface area contributed by atoms with Gasteiger partial charge in [-0.2, -0.15) is 0 Å². The van der Waals surface area contributed by atoms with E-state index in [-0.39, 0.29) is 0 Å². The van der Waals surface area contributed by atoms with Crippen molar-refractivity contribution in [3.63, 3.8) is 0 Å². The lowest BCUT2D eigenvalue weighted by Crippen LogP contribution is -2.35. The molecule has 0 saturated carbocycles. The van der Waals surface area contributed by atoms with Crippen LogP contribution in [0.4, 0.5) is 0 Å². The number of ketones is 2. The number of carbonyl (C=O) groups excluding carboxylic acids is 3. The monoisotopic (exact) mass is 332 g/mol. The number of benzene rings is 1. The second-order valence-corrected chi connectivity index (χ2v) is 7.58. The molecule has 0 aromatic heterocycles. The van der Waals surface area contributed by atoms with E-state index in [1.54, 1.807) is 34.6 Å². The summed E-state index contributed by atoms with van der Waals surface area (Å²) in [5, 5.41) is 0. The quantitative estimate of drug-likeness (QED) is 0.465. The lowest BCUT2D eigenvalue weighted by molar-refractivity contribution is -0.162. The van der Waals surface area contributed by atoms with Gasteiger partial charge in [-0.3, -0.25) is 14.4 Å². The molecule has 4 heteroatoms. The lowest BCUT2D eigenvalue weighted by Gasteiger charge is -2.24. The van der Waals surface area contributed by atoms with Crippen molar-refractivity contribution < 1.29 is 19.1 Å². The van der Waals surface area contributed by atoms with E-state index in [4.69, 9.17) is 4.74 Å². The van der Waals surface area contributed by atoms with Crippen molar-refractivity contribution in [3.8, 4) is 0 Å². The zero-order valence-corrected chi connectivity index (χ0v) is 15.9. The van der Waals surface area contributed by atoms with Crippen molar-refractivity contribution in [1.29, 1.82) is 0 Å². The average Bonchev–Trinajstić information content (AvgIpc) is 2.41. The topological polar surface area (TPSA) is 60.4 Å². The summed E-state index contributed by atoms with van der Waals surface area (Å²) in [6.45, 7) is 14.1. The molecule has 0 fully saturated rings. The van der Waals surface area contributed by atoms with Gasteiger partial charge in [-0.25, -0.2) is 0 Å². The first kappa shape index (κ1) is 20.1. The van der Waals surface area contributed by atoms with Crippen LogP contribution in [0.2, 0.25) is 0 Å². The van der Waals surface area contributed by atoms with E-state index < -0.39 is 35.0 Å². The Bertz CT molecular complexity index is 642. The lowest BCUT2D eigenvalue weighted by atomic mass is 9.85. The van der Waals surface area contributed by atoms with Crippen molar-refractivity contribution in [2.24, 2.45) is 11.8 Å². The maximum absolute atomic E-state index is 12.6. The zero-order valence-electron chi connectivity index (χ0n) is 15.9. The Labute approximate surface area is 144 Å². The molecule has 132 valence electrons. The maximum Gasteiger partial charge on any atom is 0.309 e. The smallest absolute Gasteiger partial charge is 0.309 e. The van der Waals surface area contributed by atoms with Crippen LogP contribution in [0.1, 0.15) is 61.7 Å². The number of carbonyl (C=O) groups is 3. The van der Waals surface area contributed by atoms with Gasteiger partial charge in [0, 0.05) is 11.5 Å². The molecule has 0 radical (unpaired) electrons. The minimum Gasteiger partial charge on any atom is -0.460 e. The summed E-state index contributed by atoms with van der Waals surface area (Å²) in [5.74, 6) is -2.95. The van der Waals surface area contributed by atoms with E-state index in [2.05, 4.69) is 0 Å². The van der Waals surface area contributed by atoms with Crippen LogP contribution in [0.25, 0.3) is 0 Å². The molecular formula is C20H28O4. The third kappa shape index (κ3) is 4.76. The first-order valence-corrected chi connectivity index (χ1v) is 8.24. The second kappa shape index (κ2) is 7.29. The number of ether oxygens (including phenoxy) is 1. The van der Waals surface area contributed by atoms with Gasteiger partial charge in [0.2, 0.25) is 11.6 Å². The molecule has 2 atom stereocenters. The van der Waals surface area contributed by atoms with Gasteiger partial charge in [0.25, 0.3) is 0 Å². The van der Waals surface area contributed by atoms with Gasteiger partial charge < -0.3 is 4.74 Å². The van der Waals surface area contributed by atoms with Crippen molar-refractivity contribution in [2.75, 3.05) is 0 Å². The fourth-order valence-corrected chi connectivity index (χ4v) is 2.69. The van der Waals surface area contributed by atoms with Crippen LogP contribution in [-0.4, -0.2) is 23.1 Å². The summed E-state index contributed by atoms with van der Waals surface area (Å²) < 4.78 is 5.32. The fourth-order valence-electron chi connectivity index (χ4n) is 2.69.